The number of hydrogen-bond donors (Lipinski definition) is 0. The highest BCUT2D eigenvalue weighted by Crippen LogP contribution is 2.47. The second kappa shape index (κ2) is 27.3. The van der Waals surface area contributed by atoms with Crippen molar-refractivity contribution in [1.82, 2.24) is 4.57 Å². The van der Waals surface area contributed by atoms with Crippen LogP contribution in [0.3, 0.4) is 0 Å². The number of fused-ring (bicyclic) bond motifs is 7. The molecular weight excluding hydrogens is 1360 g/mol. The summed E-state index contributed by atoms with van der Waals surface area (Å²) in [5.74, 6) is 0. The Morgan fingerprint density at radius 1 is 0.183 bits per heavy atom. The van der Waals surface area contributed by atoms with Gasteiger partial charge in [0.2, 0.25) is 0 Å². The molecule has 0 atom stereocenters. The van der Waals surface area contributed by atoms with E-state index in [9.17, 15) is 0 Å². The molecule has 2 aliphatic heterocycles. The van der Waals surface area contributed by atoms with Gasteiger partial charge in [0, 0.05) is 44.9 Å². The Morgan fingerprint density at radius 2 is 0.495 bits per heavy atom. The maximum atomic E-state index is 2.72. The van der Waals surface area contributed by atoms with Gasteiger partial charge in [-0.3, -0.25) is 0 Å². The first-order valence-electron chi connectivity index (χ1n) is 37.9. The first-order valence-corrected chi connectivity index (χ1v) is 43.9. The Kier molecular flexibility index (Phi) is 16.4. The average Bonchev–Trinajstić information content (AvgIpc) is 1.24. The number of hydrogen-bond acceptors (Lipinski definition) is 2. The van der Waals surface area contributed by atoms with Gasteiger partial charge >= 0.3 is 0 Å². The molecule has 0 aliphatic carbocycles. The van der Waals surface area contributed by atoms with E-state index in [1.165, 1.54) is 95.0 Å². The standard InChI is InChI=1S/C102H74BN3Si3/c1-11-37-75(38-12-1)76-39-35-40-77(69-76)104-98-68-66-90(108(83-48-19-5-20-49-83,84-50-21-6-22-51-84)85-52-23-7-24-53-85)73-95(98)103-94-67-65-91(109(86-54-25-8-26-55-86,87-56-27-9-28-57-87)88-58-29-10-30-59-88)74-99(94)105(101-72-79(71-100(104)102(101)103)106-96-63-33-31-61-92(96)93-62-32-34-64-97(93)106)78-41-36-60-89(70-78)107(80-42-13-2-14-43-80,81-44-15-3-16-45-81)82-46-17-4-18-47-82/h1-74H. The van der Waals surface area contributed by atoms with E-state index in [0.717, 1.165) is 56.4 Å². The number of aromatic nitrogens is 1. The van der Waals surface area contributed by atoms with Crippen molar-refractivity contribution >= 4 is 165 Å². The number of benzene rings is 17. The van der Waals surface area contributed by atoms with E-state index < -0.39 is 24.2 Å². The van der Waals surface area contributed by atoms with Crippen molar-refractivity contribution < 1.29 is 0 Å². The van der Waals surface area contributed by atoms with E-state index in [1.54, 1.807) is 0 Å². The zero-order valence-electron chi connectivity index (χ0n) is 60.1. The molecule has 0 bridgehead atoms. The number of para-hydroxylation sites is 2. The molecule has 17 aromatic carbocycles. The van der Waals surface area contributed by atoms with Crippen molar-refractivity contribution in [2.75, 3.05) is 9.80 Å². The van der Waals surface area contributed by atoms with E-state index in [2.05, 4.69) is 463 Å². The summed E-state index contributed by atoms with van der Waals surface area (Å²) in [5, 5.41) is 18.3. The zero-order chi connectivity index (χ0) is 72.3. The molecule has 0 fully saturated rings. The summed E-state index contributed by atoms with van der Waals surface area (Å²) in [6, 6.07) is 172. The Morgan fingerprint density at radius 3 is 0.908 bits per heavy atom. The Hall–Kier alpha value is -13.1. The minimum atomic E-state index is -3.23. The van der Waals surface area contributed by atoms with E-state index in [-0.39, 0.29) is 6.71 Å². The summed E-state index contributed by atoms with van der Waals surface area (Å²) >= 11 is 0. The van der Waals surface area contributed by atoms with E-state index in [4.69, 9.17) is 0 Å². The summed E-state index contributed by atoms with van der Waals surface area (Å²) in [7, 11) is -9.57. The average molecular weight is 1440 g/mol. The quantitative estimate of drug-likeness (QED) is 0.0706. The van der Waals surface area contributed by atoms with Crippen LogP contribution in [-0.4, -0.2) is 35.5 Å². The fraction of sp³-hybridized carbons (Fsp3) is 0. The van der Waals surface area contributed by atoms with Gasteiger partial charge in [-0.1, -0.05) is 388 Å². The van der Waals surface area contributed by atoms with Crippen LogP contribution in [0.5, 0.6) is 0 Å². The second-order valence-corrected chi connectivity index (χ2v) is 40.4. The van der Waals surface area contributed by atoms with Crippen molar-refractivity contribution in [3.8, 4) is 16.8 Å². The van der Waals surface area contributed by atoms with Gasteiger partial charge in [-0.15, -0.1) is 0 Å². The van der Waals surface area contributed by atoms with Gasteiger partial charge in [-0.2, -0.15) is 0 Å². The monoisotopic (exact) mass is 1440 g/mol. The number of nitrogens with zero attached hydrogens (tertiary/aromatic N) is 3. The molecule has 0 amide bonds. The summed E-state index contributed by atoms with van der Waals surface area (Å²) in [4.78, 5) is 5.36. The molecule has 0 saturated heterocycles. The van der Waals surface area contributed by atoms with Crippen molar-refractivity contribution in [2.45, 2.75) is 0 Å². The number of anilines is 6. The first kappa shape index (κ1) is 65.4. The molecule has 0 unspecified atom stereocenters. The smallest absolute Gasteiger partial charge is 0.252 e. The van der Waals surface area contributed by atoms with Crippen molar-refractivity contribution in [3.05, 3.63) is 449 Å². The Labute approximate surface area is 641 Å². The van der Waals surface area contributed by atoms with E-state index in [0.29, 0.717) is 0 Å². The first-order chi connectivity index (χ1) is 54.1. The minimum absolute atomic E-state index is 0.286. The van der Waals surface area contributed by atoms with Crippen LogP contribution in [0, 0.1) is 0 Å². The minimum Gasteiger partial charge on any atom is -0.311 e. The lowest BCUT2D eigenvalue weighted by Crippen LogP contribution is -2.75. The molecule has 1 aromatic heterocycles. The van der Waals surface area contributed by atoms with Gasteiger partial charge in [0.05, 0.1) is 16.7 Å². The SMILES string of the molecule is c1ccc(-c2cccc(N3c4ccc([Si](c5ccccc5)(c5ccccc5)c5ccccc5)cc4B4c5ccc([Si](c6ccccc6)(c6ccccc6)c6ccccc6)cc5N(c5cccc([Si](c6ccccc6)(c6ccccc6)c6ccccc6)c5)c5cc(-n6c7ccccc7c7ccccc76)cc3c54)c2)cc1. The van der Waals surface area contributed by atoms with Crippen molar-refractivity contribution in [3.63, 3.8) is 0 Å². The molecule has 0 spiro atoms. The van der Waals surface area contributed by atoms with Crippen molar-refractivity contribution in [2.24, 2.45) is 0 Å². The molecule has 2 aliphatic rings. The van der Waals surface area contributed by atoms with Gasteiger partial charge in [0.1, 0.15) is 0 Å². The van der Waals surface area contributed by atoms with Gasteiger partial charge in [-0.25, -0.2) is 0 Å². The maximum Gasteiger partial charge on any atom is 0.252 e. The second-order valence-electron chi connectivity index (χ2n) is 28.9. The summed E-state index contributed by atoms with van der Waals surface area (Å²) in [6.07, 6.45) is 0. The highest BCUT2D eigenvalue weighted by molar-refractivity contribution is 7.21. The molecule has 0 saturated carbocycles. The molecule has 20 rings (SSSR count). The predicted molar refractivity (Wildman–Crippen MR) is 471 cm³/mol. The van der Waals surface area contributed by atoms with Crippen LogP contribution in [0.15, 0.2) is 449 Å². The van der Waals surface area contributed by atoms with Crippen LogP contribution in [0.1, 0.15) is 0 Å². The largest absolute Gasteiger partial charge is 0.311 e. The maximum absolute atomic E-state index is 3.23. The molecule has 0 radical (unpaired) electrons. The lowest BCUT2D eigenvalue weighted by molar-refractivity contribution is 1.16. The summed E-state index contributed by atoms with van der Waals surface area (Å²) in [5.41, 5.74) is 16.1. The fourth-order valence-corrected chi connectivity index (χ4v) is 33.2. The third-order valence-corrected chi connectivity index (χ3v) is 37.7. The molecule has 18 aromatic rings. The topological polar surface area (TPSA) is 11.4 Å². The molecule has 3 nitrogen and oxygen atoms in total. The molecule has 109 heavy (non-hydrogen) atoms. The zero-order valence-corrected chi connectivity index (χ0v) is 63.1. The third kappa shape index (κ3) is 10.5. The number of rotatable bonds is 16. The van der Waals surface area contributed by atoms with Crippen LogP contribution in [-0.2, 0) is 0 Å². The van der Waals surface area contributed by atoms with Gasteiger partial charge in [0.25, 0.3) is 6.71 Å². The normalized spacial score (nSPS) is 12.5. The molecule has 0 N–H and O–H groups in total. The van der Waals surface area contributed by atoms with Crippen LogP contribution < -0.4 is 88.4 Å². The lowest BCUT2D eigenvalue weighted by atomic mass is 9.33. The highest BCUT2D eigenvalue weighted by Gasteiger charge is 2.50. The van der Waals surface area contributed by atoms with Gasteiger partial charge in [0.15, 0.2) is 24.2 Å². The molecule has 7 heteroatoms. The fourth-order valence-electron chi connectivity index (χ4n) is 18.9. The van der Waals surface area contributed by atoms with Crippen LogP contribution in [0.2, 0.25) is 0 Å². The molecular formula is C102H74BN3Si3. The third-order valence-electron chi connectivity index (χ3n) is 23.4. The van der Waals surface area contributed by atoms with E-state index in [1.807, 2.05) is 0 Å². The lowest BCUT2D eigenvalue weighted by Gasteiger charge is -2.46. The summed E-state index contributed by atoms with van der Waals surface area (Å²) in [6.45, 7) is -0.286. The Balaban J connectivity index is 0.965. The van der Waals surface area contributed by atoms with Crippen LogP contribution in [0.4, 0.5) is 34.1 Å². The van der Waals surface area contributed by atoms with Gasteiger partial charge in [-0.05, 0) is 150 Å². The molecule has 512 valence electrons. The predicted octanol–water partition coefficient (Wildman–Crippen LogP) is 14.7. The highest BCUT2D eigenvalue weighted by atomic mass is 28.3. The Bertz CT molecular complexity index is 6010. The van der Waals surface area contributed by atoms with Gasteiger partial charge < -0.3 is 14.4 Å². The van der Waals surface area contributed by atoms with Crippen LogP contribution in [0.25, 0.3) is 38.6 Å². The van der Waals surface area contributed by atoms with Crippen molar-refractivity contribution in [1.29, 1.82) is 0 Å². The van der Waals surface area contributed by atoms with Crippen LogP contribution >= 0.6 is 0 Å². The van der Waals surface area contributed by atoms with E-state index >= 15 is 0 Å². The summed E-state index contributed by atoms with van der Waals surface area (Å²) < 4.78 is 2.55. The molecule has 3 heterocycles.